The highest BCUT2D eigenvalue weighted by Crippen LogP contribution is 2.17. The molecule has 0 aliphatic rings. The largest absolute Gasteiger partial charge is 0.349 e. The third kappa shape index (κ3) is 3.24. The van der Waals surface area contributed by atoms with Gasteiger partial charge in [-0.15, -0.1) is 0 Å². The number of carbonyl (C=O) groups excluding carboxylic acids is 1. The fraction of sp³-hybridized carbons (Fsp3) is 0.500. The molecule has 2 rings (SSSR count). The SMILES string of the molecule is CCC(CC)C(N)CNC(=O)c1nn(C)c2ccccc12. The third-order valence-corrected chi connectivity index (χ3v) is 4.13. The van der Waals surface area contributed by atoms with Crippen LogP contribution in [-0.4, -0.2) is 28.3 Å². The van der Waals surface area contributed by atoms with Crippen LogP contribution in [0.5, 0.6) is 0 Å². The number of aromatic nitrogens is 2. The second-order valence-electron chi connectivity index (χ2n) is 5.44. The summed E-state index contributed by atoms with van der Waals surface area (Å²) in [6.45, 7) is 4.74. The van der Waals surface area contributed by atoms with Gasteiger partial charge in [-0.2, -0.15) is 5.10 Å². The Balaban J connectivity index is 2.09. The number of hydrogen-bond acceptors (Lipinski definition) is 3. The maximum atomic E-state index is 12.3. The Morgan fingerprint density at radius 3 is 2.67 bits per heavy atom. The molecule has 0 fully saturated rings. The highest BCUT2D eigenvalue weighted by Gasteiger charge is 2.18. The number of carbonyl (C=O) groups is 1. The summed E-state index contributed by atoms with van der Waals surface area (Å²) in [4.78, 5) is 12.3. The van der Waals surface area contributed by atoms with Gasteiger partial charge in [-0.1, -0.05) is 44.9 Å². The molecule has 0 saturated heterocycles. The Morgan fingerprint density at radius 1 is 1.33 bits per heavy atom. The zero-order valence-corrected chi connectivity index (χ0v) is 13.0. The van der Waals surface area contributed by atoms with Gasteiger partial charge in [0.2, 0.25) is 0 Å². The van der Waals surface area contributed by atoms with Crippen LogP contribution in [0.15, 0.2) is 24.3 Å². The second-order valence-corrected chi connectivity index (χ2v) is 5.44. The van der Waals surface area contributed by atoms with Gasteiger partial charge in [0.15, 0.2) is 5.69 Å². The summed E-state index contributed by atoms with van der Waals surface area (Å²) in [6.07, 6.45) is 2.06. The maximum Gasteiger partial charge on any atom is 0.272 e. The van der Waals surface area contributed by atoms with E-state index in [0.29, 0.717) is 18.2 Å². The molecule has 5 heteroatoms. The van der Waals surface area contributed by atoms with Gasteiger partial charge in [0.1, 0.15) is 0 Å². The first kappa shape index (κ1) is 15.5. The summed E-state index contributed by atoms with van der Waals surface area (Å²) < 4.78 is 1.73. The molecule has 0 aliphatic carbocycles. The van der Waals surface area contributed by atoms with Crippen molar-refractivity contribution >= 4 is 16.8 Å². The first-order valence-corrected chi connectivity index (χ1v) is 7.54. The van der Waals surface area contributed by atoms with Crippen molar-refractivity contribution in [3.05, 3.63) is 30.0 Å². The molecule has 1 unspecified atom stereocenters. The molecular weight excluding hydrogens is 264 g/mol. The summed E-state index contributed by atoms with van der Waals surface area (Å²) in [5.41, 5.74) is 7.56. The summed E-state index contributed by atoms with van der Waals surface area (Å²) in [5, 5.41) is 8.10. The predicted molar refractivity (Wildman–Crippen MR) is 85.1 cm³/mol. The van der Waals surface area contributed by atoms with Crippen molar-refractivity contribution in [2.24, 2.45) is 18.7 Å². The highest BCUT2D eigenvalue weighted by atomic mass is 16.1. The molecule has 1 atom stereocenters. The van der Waals surface area contributed by atoms with Crippen LogP contribution in [0.1, 0.15) is 37.2 Å². The average Bonchev–Trinajstić information content (AvgIpc) is 2.84. The number of benzene rings is 1. The zero-order valence-electron chi connectivity index (χ0n) is 13.0. The summed E-state index contributed by atoms with van der Waals surface area (Å²) in [5.74, 6) is 0.277. The van der Waals surface area contributed by atoms with Crippen molar-refractivity contribution in [3.8, 4) is 0 Å². The molecule has 1 amide bonds. The first-order valence-electron chi connectivity index (χ1n) is 7.54. The molecule has 0 radical (unpaired) electrons. The van der Waals surface area contributed by atoms with Crippen molar-refractivity contribution in [3.63, 3.8) is 0 Å². The minimum absolute atomic E-state index is 0.0149. The Labute approximate surface area is 125 Å². The molecule has 3 N–H and O–H groups in total. The fourth-order valence-corrected chi connectivity index (χ4v) is 2.74. The number of amides is 1. The quantitative estimate of drug-likeness (QED) is 0.854. The van der Waals surface area contributed by atoms with Crippen molar-refractivity contribution < 1.29 is 4.79 Å². The minimum Gasteiger partial charge on any atom is -0.349 e. The standard InChI is InChI=1S/C16H24N4O/c1-4-11(5-2)13(17)10-18-16(21)15-12-8-6-7-9-14(12)20(3)19-15/h6-9,11,13H,4-5,10,17H2,1-3H3,(H,18,21). The lowest BCUT2D eigenvalue weighted by atomic mass is 9.95. The number of nitrogens with two attached hydrogens (primary N) is 1. The molecule has 114 valence electrons. The molecule has 0 bridgehead atoms. The number of rotatable bonds is 6. The third-order valence-electron chi connectivity index (χ3n) is 4.13. The van der Waals surface area contributed by atoms with Gasteiger partial charge in [0, 0.05) is 25.0 Å². The zero-order chi connectivity index (χ0) is 15.4. The molecular formula is C16H24N4O. The van der Waals surface area contributed by atoms with Crippen molar-refractivity contribution in [2.75, 3.05) is 6.54 Å². The minimum atomic E-state index is -0.159. The van der Waals surface area contributed by atoms with E-state index < -0.39 is 0 Å². The molecule has 1 heterocycles. The van der Waals surface area contributed by atoms with Crippen LogP contribution in [0.2, 0.25) is 0 Å². The molecule has 0 saturated carbocycles. The van der Waals surface area contributed by atoms with Crippen molar-refractivity contribution in [1.82, 2.24) is 15.1 Å². The van der Waals surface area contributed by atoms with Crippen LogP contribution in [0.4, 0.5) is 0 Å². The van der Waals surface area contributed by atoms with E-state index >= 15 is 0 Å². The molecule has 2 aromatic rings. The van der Waals surface area contributed by atoms with Crippen LogP contribution < -0.4 is 11.1 Å². The average molecular weight is 288 g/mol. The van der Waals surface area contributed by atoms with Gasteiger partial charge in [-0.05, 0) is 12.0 Å². The Bertz CT molecular complexity index is 616. The van der Waals surface area contributed by atoms with E-state index in [4.69, 9.17) is 5.73 Å². The first-order chi connectivity index (χ1) is 10.1. The highest BCUT2D eigenvalue weighted by molar-refractivity contribution is 6.04. The van der Waals surface area contributed by atoms with E-state index in [1.54, 1.807) is 4.68 Å². The van der Waals surface area contributed by atoms with Gasteiger partial charge in [0.05, 0.1) is 5.52 Å². The number of aryl methyl sites for hydroxylation is 1. The Morgan fingerprint density at radius 2 is 2.00 bits per heavy atom. The van der Waals surface area contributed by atoms with E-state index in [-0.39, 0.29) is 11.9 Å². The fourth-order valence-electron chi connectivity index (χ4n) is 2.74. The normalized spacial score (nSPS) is 12.8. The number of para-hydroxylation sites is 1. The molecule has 5 nitrogen and oxygen atoms in total. The van der Waals surface area contributed by atoms with Gasteiger partial charge in [-0.25, -0.2) is 0 Å². The monoisotopic (exact) mass is 288 g/mol. The lowest BCUT2D eigenvalue weighted by Gasteiger charge is -2.21. The van der Waals surface area contributed by atoms with Crippen molar-refractivity contribution in [1.29, 1.82) is 0 Å². The molecule has 1 aromatic carbocycles. The summed E-state index contributed by atoms with van der Waals surface area (Å²) in [6, 6.07) is 7.71. The Kier molecular flexibility index (Phi) is 4.96. The van der Waals surface area contributed by atoms with Crippen LogP contribution in [0, 0.1) is 5.92 Å². The van der Waals surface area contributed by atoms with E-state index in [9.17, 15) is 4.79 Å². The topological polar surface area (TPSA) is 72.9 Å². The van der Waals surface area contributed by atoms with Gasteiger partial charge >= 0.3 is 0 Å². The van der Waals surface area contributed by atoms with Crippen LogP contribution in [0.25, 0.3) is 10.9 Å². The molecule has 0 spiro atoms. The van der Waals surface area contributed by atoms with E-state index in [1.807, 2.05) is 31.3 Å². The lowest BCUT2D eigenvalue weighted by Crippen LogP contribution is -2.42. The van der Waals surface area contributed by atoms with E-state index in [2.05, 4.69) is 24.3 Å². The van der Waals surface area contributed by atoms with Gasteiger partial charge < -0.3 is 11.1 Å². The number of fused-ring (bicyclic) bond motifs is 1. The number of hydrogen-bond donors (Lipinski definition) is 2. The van der Waals surface area contributed by atoms with E-state index in [1.165, 1.54) is 0 Å². The molecule has 1 aromatic heterocycles. The van der Waals surface area contributed by atoms with E-state index in [0.717, 1.165) is 23.7 Å². The second kappa shape index (κ2) is 6.72. The van der Waals surface area contributed by atoms with Crippen LogP contribution in [0.3, 0.4) is 0 Å². The number of nitrogens with zero attached hydrogens (tertiary/aromatic N) is 2. The number of nitrogens with one attached hydrogen (secondary N) is 1. The summed E-state index contributed by atoms with van der Waals surface area (Å²) >= 11 is 0. The van der Waals surface area contributed by atoms with Gasteiger partial charge in [-0.3, -0.25) is 9.48 Å². The lowest BCUT2D eigenvalue weighted by molar-refractivity contribution is 0.0943. The van der Waals surface area contributed by atoms with Gasteiger partial charge in [0.25, 0.3) is 5.91 Å². The molecule has 0 aliphatic heterocycles. The van der Waals surface area contributed by atoms with Crippen LogP contribution in [-0.2, 0) is 7.05 Å². The maximum absolute atomic E-state index is 12.3. The smallest absolute Gasteiger partial charge is 0.272 e. The predicted octanol–water partition coefficient (Wildman–Crippen LogP) is 2.07. The van der Waals surface area contributed by atoms with Crippen LogP contribution >= 0.6 is 0 Å². The summed E-state index contributed by atoms with van der Waals surface area (Å²) in [7, 11) is 1.84. The molecule has 21 heavy (non-hydrogen) atoms. The van der Waals surface area contributed by atoms with Crippen molar-refractivity contribution in [2.45, 2.75) is 32.7 Å². The Hall–Kier alpha value is -1.88.